The van der Waals surface area contributed by atoms with Crippen molar-refractivity contribution < 1.29 is 23.8 Å². The Morgan fingerprint density at radius 3 is 2.14 bits per heavy atom. The number of hydrogen-bond donors (Lipinski definition) is 1. The largest absolute Gasteiger partial charge is 0.497 e. The molecule has 6 nitrogen and oxygen atoms in total. The number of H-pyrrole nitrogens is 1. The van der Waals surface area contributed by atoms with E-state index in [1.807, 2.05) is 54.7 Å². The van der Waals surface area contributed by atoms with Crippen LogP contribution in [0.1, 0.15) is 30.9 Å². The maximum absolute atomic E-state index is 12.9. The van der Waals surface area contributed by atoms with Crippen LogP contribution in [0, 0.1) is 5.92 Å². The Morgan fingerprint density at radius 1 is 0.931 bits per heavy atom. The van der Waals surface area contributed by atoms with E-state index in [1.165, 1.54) is 0 Å². The van der Waals surface area contributed by atoms with Crippen LogP contribution in [0.4, 0.5) is 0 Å². The average molecular weight is 395 g/mol. The number of ether oxygens (including phenoxy) is 3. The van der Waals surface area contributed by atoms with E-state index in [9.17, 15) is 9.59 Å². The summed E-state index contributed by atoms with van der Waals surface area (Å²) in [5.74, 6) is -2.21. The predicted octanol–water partition coefficient (Wildman–Crippen LogP) is 4.05. The molecule has 1 atom stereocenters. The van der Waals surface area contributed by atoms with Gasteiger partial charge in [-0.3, -0.25) is 9.59 Å². The second-order valence-corrected chi connectivity index (χ2v) is 6.52. The molecule has 3 rings (SSSR count). The van der Waals surface area contributed by atoms with Crippen molar-refractivity contribution in [3.63, 3.8) is 0 Å². The zero-order chi connectivity index (χ0) is 20.8. The number of esters is 2. The van der Waals surface area contributed by atoms with E-state index in [2.05, 4.69) is 4.98 Å². The molecule has 6 heteroatoms. The molecule has 0 fully saturated rings. The van der Waals surface area contributed by atoms with Crippen molar-refractivity contribution in [2.75, 3.05) is 20.3 Å². The summed E-state index contributed by atoms with van der Waals surface area (Å²) in [7, 11) is 1.59. The first-order chi connectivity index (χ1) is 14.1. The number of hydrogen-bond acceptors (Lipinski definition) is 5. The molecule has 0 radical (unpaired) electrons. The summed E-state index contributed by atoms with van der Waals surface area (Å²) in [6, 6.07) is 15.1. The van der Waals surface area contributed by atoms with Crippen molar-refractivity contribution in [2.24, 2.45) is 5.92 Å². The van der Waals surface area contributed by atoms with Crippen molar-refractivity contribution in [3.8, 4) is 5.75 Å². The Bertz CT molecular complexity index is 958. The lowest BCUT2D eigenvalue weighted by Gasteiger charge is -2.25. The van der Waals surface area contributed by atoms with Crippen molar-refractivity contribution in [3.05, 3.63) is 65.9 Å². The van der Waals surface area contributed by atoms with Gasteiger partial charge in [-0.25, -0.2) is 0 Å². The van der Waals surface area contributed by atoms with Crippen molar-refractivity contribution in [1.29, 1.82) is 0 Å². The zero-order valence-electron chi connectivity index (χ0n) is 16.8. The van der Waals surface area contributed by atoms with Crippen LogP contribution in [0.3, 0.4) is 0 Å². The summed E-state index contributed by atoms with van der Waals surface area (Å²) in [4.78, 5) is 29.0. The molecule has 0 aliphatic heterocycles. The van der Waals surface area contributed by atoms with Crippen molar-refractivity contribution >= 4 is 22.8 Å². The normalized spacial score (nSPS) is 12.0. The van der Waals surface area contributed by atoms with Gasteiger partial charge in [0.25, 0.3) is 0 Å². The Balaban J connectivity index is 2.18. The zero-order valence-corrected chi connectivity index (χ0v) is 16.8. The highest BCUT2D eigenvalue weighted by Gasteiger charge is 2.40. The molecule has 0 spiro atoms. The van der Waals surface area contributed by atoms with Crippen molar-refractivity contribution in [2.45, 2.75) is 19.8 Å². The lowest BCUT2D eigenvalue weighted by molar-refractivity contribution is -0.162. The fourth-order valence-corrected chi connectivity index (χ4v) is 3.55. The third-order valence-electron chi connectivity index (χ3n) is 4.85. The number of aromatic amines is 1. The van der Waals surface area contributed by atoms with Crippen LogP contribution in [0.2, 0.25) is 0 Å². The van der Waals surface area contributed by atoms with Crippen LogP contribution in [0.25, 0.3) is 10.9 Å². The van der Waals surface area contributed by atoms with E-state index in [0.29, 0.717) is 5.75 Å². The minimum atomic E-state index is -1.12. The number of aromatic nitrogens is 1. The summed E-state index contributed by atoms with van der Waals surface area (Å²) >= 11 is 0. The summed E-state index contributed by atoms with van der Waals surface area (Å²) in [5, 5.41) is 0.937. The highest BCUT2D eigenvalue weighted by molar-refractivity contribution is 5.98. The van der Waals surface area contributed by atoms with Crippen LogP contribution in [0.15, 0.2) is 54.7 Å². The topological polar surface area (TPSA) is 77.6 Å². The van der Waals surface area contributed by atoms with E-state index in [-0.39, 0.29) is 13.2 Å². The molecule has 0 amide bonds. The molecular formula is C23H25NO5. The van der Waals surface area contributed by atoms with E-state index >= 15 is 0 Å². The first-order valence-electron chi connectivity index (χ1n) is 9.63. The molecule has 3 aromatic rings. The molecule has 0 aliphatic carbocycles. The molecule has 29 heavy (non-hydrogen) atoms. The lowest BCUT2D eigenvalue weighted by atomic mass is 9.80. The number of rotatable bonds is 8. The third-order valence-corrected chi connectivity index (χ3v) is 4.85. The molecule has 0 aliphatic rings. The fourth-order valence-electron chi connectivity index (χ4n) is 3.55. The maximum Gasteiger partial charge on any atom is 0.321 e. The molecule has 0 unspecified atom stereocenters. The van der Waals surface area contributed by atoms with Crippen LogP contribution < -0.4 is 4.74 Å². The van der Waals surface area contributed by atoms with Gasteiger partial charge in [0.05, 0.1) is 20.3 Å². The molecule has 2 aromatic carbocycles. The van der Waals surface area contributed by atoms with Gasteiger partial charge in [-0.05, 0) is 43.2 Å². The van der Waals surface area contributed by atoms with Gasteiger partial charge in [0, 0.05) is 23.0 Å². The predicted molar refractivity (Wildman–Crippen MR) is 110 cm³/mol. The lowest BCUT2D eigenvalue weighted by Crippen LogP contribution is -2.34. The molecule has 1 aromatic heterocycles. The van der Waals surface area contributed by atoms with E-state index in [1.54, 1.807) is 21.0 Å². The summed E-state index contributed by atoms with van der Waals surface area (Å²) in [5.41, 5.74) is 2.55. The van der Waals surface area contributed by atoms with Gasteiger partial charge in [0.15, 0.2) is 5.92 Å². The number of nitrogens with one attached hydrogen (secondary N) is 1. The molecule has 0 bridgehead atoms. The molecular weight excluding hydrogens is 370 g/mol. The number of methoxy groups -OCH3 is 1. The number of fused-ring (bicyclic) bond motifs is 1. The fraction of sp³-hybridized carbons (Fsp3) is 0.304. The molecule has 1 heterocycles. The first-order valence-corrected chi connectivity index (χ1v) is 9.63. The third kappa shape index (κ3) is 4.26. The van der Waals surface area contributed by atoms with Gasteiger partial charge in [-0.1, -0.05) is 30.3 Å². The second-order valence-electron chi connectivity index (χ2n) is 6.52. The molecule has 0 saturated heterocycles. The SMILES string of the molecule is CCOC(=O)C(C(=O)OCC)[C@@H](c1ccc(OC)cc1)c1c[nH]c2ccccc12. The minimum absolute atomic E-state index is 0.179. The number of para-hydroxylation sites is 1. The summed E-state index contributed by atoms with van der Waals surface area (Å²) < 4.78 is 15.8. The standard InChI is InChI=1S/C23H25NO5/c1-4-28-22(25)21(23(26)29-5-2)20(15-10-12-16(27-3)13-11-15)18-14-24-19-9-7-6-8-17(18)19/h6-14,20-21,24H,4-5H2,1-3H3/t20-/m0/s1. The number of carbonyl (C=O) groups excluding carboxylic acids is 2. The Labute approximate surface area is 169 Å². The van der Waals surface area contributed by atoms with Crippen LogP contribution in [-0.4, -0.2) is 37.2 Å². The van der Waals surface area contributed by atoms with Gasteiger partial charge < -0.3 is 19.2 Å². The Hall–Kier alpha value is -3.28. The van der Waals surface area contributed by atoms with Crippen LogP contribution in [-0.2, 0) is 19.1 Å². The van der Waals surface area contributed by atoms with Crippen LogP contribution >= 0.6 is 0 Å². The molecule has 152 valence electrons. The average Bonchev–Trinajstić information content (AvgIpc) is 3.16. The minimum Gasteiger partial charge on any atom is -0.497 e. The van der Waals surface area contributed by atoms with Gasteiger partial charge in [-0.2, -0.15) is 0 Å². The molecule has 0 saturated carbocycles. The summed E-state index contributed by atoms with van der Waals surface area (Å²) in [6.45, 7) is 3.79. The highest BCUT2D eigenvalue weighted by atomic mass is 16.6. The highest BCUT2D eigenvalue weighted by Crippen LogP contribution is 2.38. The Morgan fingerprint density at radius 2 is 1.55 bits per heavy atom. The van der Waals surface area contributed by atoms with Crippen molar-refractivity contribution in [1.82, 2.24) is 4.98 Å². The van der Waals surface area contributed by atoms with E-state index < -0.39 is 23.8 Å². The maximum atomic E-state index is 12.9. The van der Waals surface area contributed by atoms with Gasteiger partial charge in [-0.15, -0.1) is 0 Å². The van der Waals surface area contributed by atoms with Crippen LogP contribution in [0.5, 0.6) is 5.75 Å². The molecule has 1 N–H and O–H groups in total. The second kappa shape index (κ2) is 9.28. The van der Waals surface area contributed by atoms with Gasteiger partial charge in [0.1, 0.15) is 5.75 Å². The number of carbonyl (C=O) groups is 2. The van der Waals surface area contributed by atoms with E-state index in [4.69, 9.17) is 14.2 Å². The monoisotopic (exact) mass is 395 g/mol. The quantitative estimate of drug-likeness (QED) is 0.460. The first kappa shape index (κ1) is 20.5. The number of benzene rings is 2. The summed E-state index contributed by atoms with van der Waals surface area (Å²) in [6.07, 6.45) is 1.84. The smallest absolute Gasteiger partial charge is 0.321 e. The Kier molecular flexibility index (Phi) is 6.54. The van der Waals surface area contributed by atoms with Gasteiger partial charge in [0.2, 0.25) is 0 Å². The van der Waals surface area contributed by atoms with E-state index in [0.717, 1.165) is 22.0 Å². The van der Waals surface area contributed by atoms with Gasteiger partial charge >= 0.3 is 11.9 Å².